The first kappa shape index (κ1) is 33.3. The summed E-state index contributed by atoms with van der Waals surface area (Å²) in [5.41, 5.74) is 0.986. The summed E-state index contributed by atoms with van der Waals surface area (Å²) >= 11 is 0. The number of alkyl carbamates (subject to hydrolysis) is 1. The highest BCUT2D eigenvalue weighted by Gasteiger charge is 2.35. The van der Waals surface area contributed by atoms with Crippen LogP contribution in [0.15, 0.2) is 59.5 Å². The summed E-state index contributed by atoms with van der Waals surface area (Å²) in [7, 11) is -0.437. The zero-order chi connectivity index (χ0) is 30.8. The molecule has 2 aromatic rings. The predicted molar refractivity (Wildman–Crippen MR) is 158 cm³/mol. The third-order valence-corrected chi connectivity index (χ3v) is 8.80. The van der Waals surface area contributed by atoms with Crippen LogP contribution in [-0.4, -0.2) is 89.4 Å². The molecule has 3 rings (SSSR count). The van der Waals surface area contributed by atoms with Gasteiger partial charge in [0.05, 0.1) is 36.3 Å². The van der Waals surface area contributed by atoms with Gasteiger partial charge >= 0.3 is 6.09 Å². The minimum absolute atomic E-state index is 0.0551. The molecule has 0 saturated carbocycles. The van der Waals surface area contributed by atoms with Gasteiger partial charge in [0.15, 0.2) is 6.10 Å². The molecule has 12 heteroatoms. The van der Waals surface area contributed by atoms with Crippen LogP contribution in [0.3, 0.4) is 0 Å². The molecule has 0 aliphatic carbocycles. The molecule has 0 spiro atoms. The van der Waals surface area contributed by atoms with Gasteiger partial charge in [-0.3, -0.25) is 0 Å². The smallest absolute Gasteiger partial charge is 0.407 e. The van der Waals surface area contributed by atoms with Gasteiger partial charge < -0.3 is 29.5 Å². The van der Waals surface area contributed by atoms with Crippen LogP contribution in [0.5, 0.6) is 0 Å². The number of nitrogens with zero attached hydrogens (tertiary/aromatic N) is 3. The third-order valence-electron chi connectivity index (χ3n) is 6.99. The Morgan fingerprint density at radius 1 is 1.17 bits per heavy atom. The average molecular weight is 603 g/mol. The number of hydrogen-bond acceptors (Lipinski definition) is 9. The number of nitrogens with one attached hydrogen (secondary N) is 1. The molecule has 0 bridgehead atoms. The Morgan fingerprint density at radius 2 is 1.86 bits per heavy atom. The number of ether oxygens (including phenoxy) is 3. The van der Waals surface area contributed by atoms with Crippen molar-refractivity contribution in [2.75, 3.05) is 52.1 Å². The minimum atomic E-state index is -4.08. The van der Waals surface area contributed by atoms with E-state index in [-0.39, 0.29) is 50.8 Å². The van der Waals surface area contributed by atoms with Crippen molar-refractivity contribution in [2.24, 2.45) is 5.41 Å². The van der Waals surface area contributed by atoms with E-state index in [2.05, 4.69) is 11.4 Å². The molecule has 0 aromatic heterocycles. The fourth-order valence-electron chi connectivity index (χ4n) is 4.63. The monoisotopic (exact) mass is 602 g/mol. The van der Waals surface area contributed by atoms with Crippen molar-refractivity contribution < 1.29 is 32.5 Å². The van der Waals surface area contributed by atoms with E-state index in [1.54, 1.807) is 12.1 Å². The van der Waals surface area contributed by atoms with Gasteiger partial charge in [-0.15, -0.1) is 0 Å². The summed E-state index contributed by atoms with van der Waals surface area (Å²) in [5.74, 6) is 0. The minimum Gasteiger partial charge on any atom is -0.441 e. The Labute approximate surface area is 249 Å². The lowest BCUT2D eigenvalue weighted by Gasteiger charge is -2.35. The molecular weight excluding hydrogens is 560 g/mol. The largest absolute Gasteiger partial charge is 0.441 e. The molecule has 230 valence electrons. The quantitative estimate of drug-likeness (QED) is 0.334. The molecule has 1 saturated heterocycles. The molecule has 0 radical (unpaired) electrons. The Kier molecular flexibility index (Phi) is 12.1. The molecule has 42 heavy (non-hydrogen) atoms. The van der Waals surface area contributed by atoms with Gasteiger partial charge in [0.2, 0.25) is 10.0 Å². The van der Waals surface area contributed by atoms with Gasteiger partial charge in [-0.05, 0) is 42.0 Å². The first-order valence-electron chi connectivity index (χ1n) is 13.9. The van der Waals surface area contributed by atoms with Crippen LogP contribution >= 0.6 is 0 Å². The number of amides is 1. The number of rotatable bonds is 14. The Morgan fingerprint density at radius 3 is 2.50 bits per heavy atom. The summed E-state index contributed by atoms with van der Waals surface area (Å²) in [6, 6.07) is 17.1. The lowest BCUT2D eigenvalue weighted by Crippen LogP contribution is -2.52. The molecule has 1 aliphatic rings. The van der Waals surface area contributed by atoms with E-state index in [9.17, 15) is 18.3 Å². The van der Waals surface area contributed by atoms with Gasteiger partial charge in [-0.25, -0.2) is 13.2 Å². The van der Waals surface area contributed by atoms with E-state index in [1.807, 2.05) is 69.2 Å². The number of carbonyl (C=O) groups is 1. The summed E-state index contributed by atoms with van der Waals surface area (Å²) in [6.45, 7) is 4.05. The standard InChI is InChI=1S/C30H42N4O7S/c1-30(2,14-9-15-31)21-34(42(37,38)26-13-8-12-24(17-26)33(3)4)18-28(35)27(16-23-10-6-5-7-11-23)32-29(36)41-25-19-39-22-40-20-25/h5-8,10-13,17,25,27-28,35H,9,14,16,18-22H2,1-4H3,(H,32,36)/t27-,28+/m0/s1. The lowest BCUT2D eigenvalue weighted by atomic mass is 9.88. The van der Waals surface area contributed by atoms with Crippen molar-refractivity contribution in [1.29, 1.82) is 5.26 Å². The topological polar surface area (TPSA) is 141 Å². The second-order valence-electron chi connectivity index (χ2n) is 11.4. The zero-order valence-electron chi connectivity index (χ0n) is 24.7. The van der Waals surface area contributed by atoms with Crippen LogP contribution in [0.1, 0.15) is 32.3 Å². The van der Waals surface area contributed by atoms with Crippen molar-refractivity contribution in [3.05, 3.63) is 60.2 Å². The van der Waals surface area contributed by atoms with E-state index in [0.29, 0.717) is 12.1 Å². The van der Waals surface area contributed by atoms with Gasteiger partial charge in [0, 0.05) is 39.3 Å². The van der Waals surface area contributed by atoms with Crippen molar-refractivity contribution in [3.63, 3.8) is 0 Å². The van der Waals surface area contributed by atoms with Gasteiger partial charge in [-0.1, -0.05) is 50.2 Å². The maximum absolute atomic E-state index is 14.1. The van der Waals surface area contributed by atoms with Crippen LogP contribution in [-0.2, 0) is 30.7 Å². The van der Waals surface area contributed by atoms with E-state index in [4.69, 9.17) is 19.5 Å². The number of benzene rings is 2. The summed E-state index contributed by atoms with van der Waals surface area (Å²) in [5, 5.41) is 23.4. The molecule has 2 aromatic carbocycles. The predicted octanol–water partition coefficient (Wildman–Crippen LogP) is 3.14. The maximum atomic E-state index is 14.1. The van der Waals surface area contributed by atoms with Crippen molar-refractivity contribution >= 4 is 21.8 Å². The Hall–Kier alpha value is -3.21. The van der Waals surface area contributed by atoms with Crippen molar-refractivity contribution in [2.45, 2.75) is 56.3 Å². The number of anilines is 1. The molecule has 2 N–H and O–H groups in total. The van der Waals surface area contributed by atoms with Crippen LogP contribution in [0, 0.1) is 16.7 Å². The van der Waals surface area contributed by atoms with Gasteiger partial charge in [0.1, 0.15) is 6.79 Å². The fraction of sp³-hybridized carbons (Fsp3) is 0.533. The van der Waals surface area contributed by atoms with E-state index >= 15 is 0 Å². The first-order chi connectivity index (χ1) is 19.9. The number of aliphatic hydroxyl groups is 1. The number of aliphatic hydroxyl groups excluding tert-OH is 1. The molecule has 1 amide bonds. The van der Waals surface area contributed by atoms with Crippen LogP contribution < -0.4 is 10.2 Å². The highest BCUT2D eigenvalue weighted by Crippen LogP contribution is 2.29. The average Bonchev–Trinajstić information content (AvgIpc) is 2.96. The summed E-state index contributed by atoms with van der Waals surface area (Å²) in [6.07, 6.45) is -1.71. The van der Waals surface area contributed by atoms with Crippen molar-refractivity contribution in [1.82, 2.24) is 9.62 Å². The highest BCUT2D eigenvalue weighted by atomic mass is 32.2. The highest BCUT2D eigenvalue weighted by molar-refractivity contribution is 7.89. The van der Waals surface area contributed by atoms with Gasteiger partial charge in [0.25, 0.3) is 0 Å². The molecule has 11 nitrogen and oxygen atoms in total. The van der Waals surface area contributed by atoms with E-state index in [0.717, 1.165) is 5.56 Å². The second kappa shape index (κ2) is 15.3. The molecule has 1 aliphatic heterocycles. The number of sulfonamides is 1. The number of nitriles is 1. The number of hydrogen-bond donors (Lipinski definition) is 2. The Bertz CT molecular complexity index is 1290. The van der Waals surface area contributed by atoms with E-state index < -0.39 is 39.8 Å². The normalized spacial score (nSPS) is 15.9. The van der Waals surface area contributed by atoms with Crippen LogP contribution in [0.2, 0.25) is 0 Å². The first-order valence-corrected chi connectivity index (χ1v) is 15.3. The molecule has 0 unspecified atom stereocenters. The molecule has 2 atom stereocenters. The molecular formula is C30H42N4O7S. The van der Waals surface area contributed by atoms with Gasteiger partial charge in [-0.2, -0.15) is 9.57 Å². The van der Waals surface area contributed by atoms with Crippen LogP contribution in [0.4, 0.5) is 10.5 Å². The lowest BCUT2D eigenvalue weighted by molar-refractivity contribution is -0.151. The third kappa shape index (κ3) is 9.96. The molecule has 1 heterocycles. The summed E-state index contributed by atoms with van der Waals surface area (Å²) in [4.78, 5) is 14.7. The van der Waals surface area contributed by atoms with E-state index in [1.165, 1.54) is 10.4 Å². The zero-order valence-corrected chi connectivity index (χ0v) is 25.5. The Balaban J connectivity index is 1.90. The fourth-order valence-corrected chi connectivity index (χ4v) is 6.31. The van der Waals surface area contributed by atoms with Crippen LogP contribution in [0.25, 0.3) is 0 Å². The SMILES string of the molecule is CN(C)c1cccc(S(=O)(=O)N(C[C@@H](O)[C@H](Cc2ccccc2)NC(=O)OC2COCOC2)CC(C)(C)CCC#N)c1. The maximum Gasteiger partial charge on any atom is 0.407 e. The molecule has 1 fully saturated rings. The number of carbonyl (C=O) groups excluding carboxylic acids is 1. The second-order valence-corrected chi connectivity index (χ2v) is 13.3. The van der Waals surface area contributed by atoms with Crippen molar-refractivity contribution in [3.8, 4) is 6.07 Å². The summed E-state index contributed by atoms with van der Waals surface area (Å²) < 4.78 is 45.2.